The van der Waals surface area contributed by atoms with E-state index in [9.17, 15) is 15.0 Å². The van der Waals surface area contributed by atoms with E-state index in [-0.39, 0.29) is 34.5 Å². The smallest absolute Gasteiger partial charge is 0.204 e. The van der Waals surface area contributed by atoms with Gasteiger partial charge in [-0.05, 0) is 35.4 Å². The van der Waals surface area contributed by atoms with Crippen molar-refractivity contribution in [3.05, 3.63) is 82.7 Å². The van der Waals surface area contributed by atoms with Crippen LogP contribution in [0.5, 0.6) is 23.0 Å². The first-order valence-corrected chi connectivity index (χ1v) is 8.89. The number of fused-ring (bicyclic) bond motifs is 1. The lowest BCUT2D eigenvalue weighted by Crippen LogP contribution is -2.05. The molecule has 146 valence electrons. The van der Waals surface area contributed by atoms with E-state index in [0.717, 1.165) is 11.3 Å². The highest BCUT2D eigenvalue weighted by Gasteiger charge is 2.14. The van der Waals surface area contributed by atoms with Crippen LogP contribution >= 0.6 is 0 Å². The Morgan fingerprint density at radius 2 is 1.66 bits per heavy atom. The van der Waals surface area contributed by atoms with Gasteiger partial charge in [0.25, 0.3) is 0 Å². The van der Waals surface area contributed by atoms with Gasteiger partial charge in [-0.3, -0.25) is 4.79 Å². The fourth-order valence-corrected chi connectivity index (χ4v) is 3.02. The van der Waals surface area contributed by atoms with Crippen molar-refractivity contribution in [2.45, 2.75) is 6.61 Å². The molecule has 0 atom stereocenters. The molecule has 4 aromatic rings. The number of methoxy groups -OCH3 is 1. The van der Waals surface area contributed by atoms with Crippen LogP contribution in [0.2, 0.25) is 0 Å². The number of hydrogen-bond acceptors (Lipinski definition) is 6. The number of phenolic OH excluding ortho intramolecular Hbond substituents is 2. The number of ether oxygens (including phenoxy) is 2. The van der Waals surface area contributed by atoms with E-state index < -0.39 is 0 Å². The summed E-state index contributed by atoms with van der Waals surface area (Å²) in [6, 6.07) is 16.6. The van der Waals surface area contributed by atoms with Crippen LogP contribution in [0.3, 0.4) is 0 Å². The molecule has 1 heterocycles. The van der Waals surface area contributed by atoms with Gasteiger partial charge < -0.3 is 24.1 Å². The third-order valence-corrected chi connectivity index (χ3v) is 4.57. The fraction of sp³-hybridized carbons (Fsp3) is 0.0870. The van der Waals surface area contributed by atoms with Crippen molar-refractivity contribution in [1.82, 2.24) is 0 Å². The average molecular weight is 390 g/mol. The van der Waals surface area contributed by atoms with Gasteiger partial charge in [0.05, 0.1) is 12.7 Å². The van der Waals surface area contributed by atoms with Crippen molar-refractivity contribution in [3.8, 4) is 34.1 Å². The molecule has 0 unspecified atom stereocenters. The molecular weight excluding hydrogens is 372 g/mol. The van der Waals surface area contributed by atoms with E-state index in [4.69, 9.17) is 13.9 Å². The molecule has 3 aromatic carbocycles. The zero-order chi connectivity index (χ0) is 20.4. The second-order valence-electron chi connectivity index (χ2n) is 6.48. The van der Waals surface area contributed by atoms with Gasteiger partial charge in [0.2, 0.25) is 5.43 Å². The fourth-order valence-electron chi connectivity index (χ4n) is 3.02. The number of benzene rings is 3. The van der Waals surface area contributed by atoms with Gasteiger partial charge >= 0.3 is 0 Å². The van der Waals surface area contributed by atoms with Gasteiger partial charge in [-0.2, -0.15) is 0 Å². The maximum absolute atomic E-state index is 12.9. The SMILES string of the molecule is COc1ccc(COc2cc(O)c3c(=O)c(-c4ccc(O)cc4)coc3c2)cc1. The minimum Gasteiger partial charge on any atom is -0.508 e. The van der Waals surface area contributed by atoms with Crippen LogP contribution in [0.4, 0.5) is 0 Å². The van der Waals surface area contributed by atoms with E-state index in [1.54, 1.807) is 25.3 Å². The highest BCUT2D eigenvalue weighted by Crippen LogP contribution is 2.31. The lowest BCUT2D eigenvalue weighted by Gasteiger charge is -2.10. The maximum atomic E-state index is 12.9. The zero-order valence-corrected chi connectivity index (χ0v) is 15.6. The van der Waals surface area contributed by atoms with Crippen LogP contribution in [0, 0.1) is 0 Å². The van der Waals surface area contributed by atoms with Gasteiger partial charge in [0.15, 0.2) is 0 Å². The largest absolute Gasteiger partial charge is 0.508 e. The highest BCUT2D eigenvalue weighted by molar-refractivity contribution is 5.88. The molecule has 4 rings (SSSR count). The topological polar surface area (TPSA) is 89.1 Å². The van der Waals surface area contributed by atoms with Crippen LogP contribution in [0.1, 0.15) is 5.56 Å². The standard InChI is InChI=1S/C23H18O6/c1-27-17-8-2-14(3-9-17)12-28-18-10-20(25)22-21(11-18)29-13-19(23(22)26)15-4-6-16(24)7-5-15/h2-11,13,24-25H,12H2,1H3. The van der Waals surface area contributed by atoms with E-state index >= 15 is 0 Å². The van der Waals surface area contributed by atoms with Crippen LogP contribution in [0.15, 0.2) is 76.1 Å². The quantitative estimate of drug-likeness (QED) is 0.523. The molecule has 0 aliphatic carbocycles. The first-order chi connectivity index (χ1) is 14.0. The van der Waals surface area contributed by atoms with Crippen molar-refractivity contribution < 1.29 is 24.1 Å². The molecule has 2 N–H and O–H groups in total. The molecule has 0 fully saturated rings. The van der Waals surface area contributed by atoms with E-state index in [1.165, 1.54) is 24.5 Å². The second kappa shape index (κ2) is 7.59. The summed E-state index contributed by atoms with van der Waals surface area (Å²) < 4.78 is 16.5. The lowest BCUT2D eigenvalue weighted by molar-refractivity contribution is 0.304. The molecule has 1 aromatic heterocycles. The van der Waals surface area contributed by atoms with E-state index in [0.29, 0.717) is 16.9 Å². The van der Waals surface area contributed by atoms with Gasteiger partial charge in [-0.25, -0.2) is 0 Å². The maximum Gasteiger partial charge on any atom is 0.204 e. The third-order valence-electron chi connectivity index (χ3n) is 4.57. The molecule has 6 nitrogen and oxygen atoms in total. The number of hydrogen-bond donors (Lipinski definition) is 2. The van der Waals surface area contributed by atoms with Crippen LogP contribution in [-0.2, 0) is 6.61 Å². The van der Waals surface area contributed by atoms with Gasteiger partial charge in [0, 0.05) is 12.1 Å². The minimum atomic E-state index is -0.365. The molecule has 0 amide bonds. The molecule has 0 aliphatic rings. The molecule has 0 spiro atoms. The van der Waals surface area contributed by atoms with Crippen molar-refractivity contribution >= 4 is 11.0 Å². The summed E-state index contributed by atoms with van der Waals surface area (Å²) in [4.78, 5) is 12.9. The molecular formula is C23H18O6. The number of phenols is 2. The minimum absolute atomic E-state index is 0.0763. The molecule has 0 radical (unpaired) electrons. The summed E-state index contributed by atoms with van der Waals surface area (Å²) in [6.45, 7) is 0.283. The average Bonchev–Trinajstić information content (AvgIpc) is 2.73. The Bertz CT molecular complexity index is 1210. The van der Waals surface area contributed by atoms with Gasteiger partial charge in [-0.15, -0.1) is 0 Å². The van der Waals surface area contributed by atoms with E-state index in [1.807, 2.05) is 24.3 Å². The summed E-state index contributed by atoms with van der Waals surface area (Å²) in [5.74, 6) is 1.01. The summed E-state index contributed by atoms with van der Waals surface area (Å²) in [6.07, 6.45) is 1.34. The number of aromatic hydroxyl groups is 2. The van der Waals surface area contributed by atoms with Crippen molar-refractivity contribution in [3.63, 3.8) is 0 Å². The van der Waals surface area contributed by atoms with Crippen molar-refractivity contribution in [2.24, 2.45) is 0 Å². The molecule has 0 saturated heterocycles. The highest BCUT2D eigenvalue weighted by atomic mass is 16.5. The summed E-state index contributed by atoms with van der Waals surface area (Å²) in [5, 5.41) is 19.9. The monoisotopic (exact) mass is 390 g/mol. The Balaban J connectivity index is 1.64. The predicted molar refractivity (Wildman–Crippen MR) is 109 cm³/mol. The molecule has 0 aliphatic heterocycles. The summed E-state index contributed by atoms with van der Waals surface area (Å²) in [5.41, 5.74) is 1.66. The van der Waals surface area contributed by atoms with Crippen molar-refractivity contribution in [2.75, 3.05) is 7.11 Å². The Labute approximate surface area is 166 Å². The Kier molecular flexibility index (Phi) is 4.83. The second-order valence-corrected chi connectivity index (χ2v) is 6.48. The molecule has 6 heteroatoms. The Morgan fingerprint density at radius 3 is 2.34 bits per heavy atom. The normalized spacial score (nSPS) is 10.8. The van der Waals surface area contributed by atoms with E-state index in [2.05, 4.69) is 0 Å². The summed E-state index contributed by atoms with van der Waals surface area (Å²) >= 11 is 0. The van der Waals surface area contributed by atoms with Crippen LogP contribution < -0.4 is 14.9 Å². The molecule has 29 heavy (non-hydrogen) atoms. The van der Waals surface area contributed by atoms with Crippen molar-refractivity contribution in [1.29, 1.82) is 0 Å². The van der Waals surface area contributed by atoms with Crippen LogP contribution in [-0.4, -0.2) is 17.3 Å². The Hall–Kier alpha value is -3.93. The zero-order valence-electron chi connectivity index (χ0n) is 15.6. The van der Waals surface area contributed by atoms with Crippen LogP contribution in [0.25, 0.3) is 22.1 Å². The Morgan fingerprint density at radius 1 is 0.931 bits per heavy atom. The molecule has 0 bridgehead atoms. The number of rotatable bonds is 5. The van der Waals surface area contributed by atoms with Gasteiger partial charge in [-0.1, -0.05) is 24.3 Å². The first kappa shape index (κ1) is 18.4. The lowest BCUT2D eigenvalue weighted by atomic mass is 10.0. The summed E-state index contributed by atoms with van der Waals surface area (Å²) in [7, 11) is 1.60. The third kappa shape index (κ3) is 3.73. The first-order valence-electron chi connectivity index (χ1n) is 8.89. The van der Waals surface area contributed by atoms with Gasteiger partial charge in [0.1, 0.15) is 46.8 Å². The molecule has 0 saturated carbocycles. The predicted octanol–water partition coefficient (Wildman–Crippen LogP) is 4.46.